The maximum Gasteiger partial charge on any atom is 0.270 e. The lowest BCUT2D eigenvalue weighted by atomic mass is 10.2. The Morgan fingerprint density at radius 3 is 2.52 bits per heavy atom. The number of hydrogen-bond acceptors (Lipinski definition) is 6. The summed E-state index contributed by atoms with van der Waals surface area (Å²) in [4.78, 5) is 11.6. The molecular formula is C13H15ClN4O3S2. The molecule has 23 heavy (non-hydrogen) atoms. The van der Waals surface area contributed by atoms with Crippen LogP contribution in [-0.4, -0.2) is 24.5 Å². The fourth-order valence-electron chi connectivity index (χ4n) is 1.46. The average Bonchev–Trinajstić information content (AvgIpc) is 2.96. The zero-order chi connectivity index (χ0) is 17.0. The number of hydrogen-bond donors (Lipinski definition) is 2. The Morgan fingerprint density at radius 2 is 1.91 bits per heavy atom. The van der Waals surface area contributed by atoms with E-state index in [4.69, 9.17) is 11.6 Å². The summed E-state index contributed by atoms with van der Waals surface area (Å²) in [7, 11) is -3.79. The maximum atomic E-state index is 12.2. The highest BCUT2D eigenvalue weighted by Gasteiger charge is 2.21. The van der Waals surface area contributed by atoms with Crippen LogP contribution in [0, 0.1) is 5.92 Å². The lowest BCUT2D eigenvalue weighted by Crippen LogP contribution is -2.23. The number of rotatable bonds is 6. The Labute approximate surface area is 143 Å². The van der Waals surface area contributed by atoms with Gasteiger partial charge in [0.2, 0.25) is 15.4 Å². The number of halogens is 1. The van der Waals surface area contributed by atoms with Crippen molar-refractivity contribution < 1.29 is 13.2 Å². The van der Waals surface area contributed by atoms with Crippen LogP contribution in [0.15, 0.2) is 28.6 Å². The van der Waals surface area contributed by atoms with Crippen molar-refractivity contribution in [3.63, 3.8) is 0 Å². The van der Waals surface area contributed by atoms with Gasteiger partial charge in [-0.25, -0.2) is 13.1 Å². The van der Waals surface area contributed by atoms with Crippen LogP contribution < -0.4 is 10.0 Å². The Morgan fingerprint density at radius 1 is 1.26 bits per heavy atom. The molecule has 2 rings (SSSR count). The molecule has 2 N–H and O–H groups in total. The highest BCUT2D eigenvalue weighted by Crippen LogP contribution is 2.20. The largest absolute Gasteiger partial charge is 0.300 e. The van der Waals surface area contributed by atoms with Crippen molar-refractivity contribution in [1.29, 1.82) is 0 Å². The van der Waals surface area contributed by atoms with Crippen LogP contribution in [0.4, 0.5) is 5.13 Å². The molecule has 0 aliphatic carbocycles. The van der Waals surface area contributed by atoms with E-state index in [1.165, 1.54) is 0 Å². The molecule has 0 unspecified atom stereocenters. The molecular weight excluding hydrogens is 360 g/mol. The van der Waals surface area contributed by atoms with E-state index < -0.39 is 10.0 Å². The Balaban J connectivity index is 2.03. The second-order valence-electron chi connectivity index (χ2n) is 4.97. The smallest absolute Gasteiger partial charge is 0.270 e. The third kappa shape index (κ3) is 4.96. The quantitative estimate of drug-likeness (QED) is 0.755. The number of amides is 1. The highest BCUT2D eigenvalue weighted by atomic mass is 35.5. The van der Waals surface area contributed by atoms with Gasteiger partial charge in [-0.3, -0.25) is 4.79 Å². The number of aromatic nitrogens is 2. The van der Waals surface area contributed by atoms with Gasteiger partial charge in [0.05, 0.1) is 0 Å². The zero-order valence-electron chi connectivity index (χ0n) is 12.4. The molecule has 0 saturated carbocycles. The van der Waals surface area contributed by atoms with E-state index in [2.05, 4.69) is 20.2 Å². The standard InChI is InChI=1S/C13H15ClN4O3S2/c1-8(2)11(19)16-12-17-18-13(22-12)23(20,21)15-7-9-3-5-10(14)6-4-9/h3-6,8,15H,7H2,1-2H3,(H,16,17,19). The first-order valence-electron chi connectivity index (χ1n) is 6.66. The fourth-order valence-corrected chi connectivity index (χ4v) is 3.55. The third-order valence-electron chi connectivity index (χ3n) is 2.77. The molecule has 0 radical (unpaired) electrons. The minimum absolute atomic E-state index is 0.104. The van der Waals surface area contributed by atoms with Crippen molar-refractivity contribution in [3.05, 3.63) is 34.9 Å². The van der Waals surface area contributed by atoms with Crippen molar-refractivity contribution in [3.8, 4) is 0 Å². The first kappa shape index (κ1) is 17.8. The van der Waals surface area contributed by atoms with Gasteiger partial charge < -0.3 is 5.32 Å². The lowest BCUT2D eigenvalue weighted by molar-refractivity contribution is -0.118. The van der Waals surface area contributed by atoms with E-state index in [9.17, 15) is 13.2 Å². The topological polar surface area (TPSA) is 101 Å². The van der Waals surface area contributed by atoms with Gasteiger partial charge in [0.25, 0.3) is 10.0 Å². The summed E-state index contributed by atoms with van der Waals surface area (Å²) in [5.74, 6) is -0.485. The Bertz CT molecular complexity index is 788. The van der Waals surface area contributed by atoms with Gasteiger partial charge in [-0.1, -0.05) is 48.9 Å². The number of benzene rings is 1. The molecule has 0 aliphatic rings. The molecule has 2 aromatic rings. The molecule has 1 aromatic heterocycles. The number of carbonyl (C=O) groups excluding carboxylic acids is 1. The minimum Gasteiger partial charge on any atom is -0.300 e. The number of nitrogens with zero attached hydrogens (tertiary/aromatic N) is 2. The monoisotopic (exact) mass is 374 g/mol. The number of nitrogens with one attached hydrogen (secondary N) is 2. The summed E-state index contributed by atoms with van der Waals surface area (Å²) in [6.07, 6.45) is 0. The molecule has 0 aliphatic heterocycles. The molecule has 124 valence electrons. The van der Waals surface area contributed by atoms with E-state index in [1.807, 2.05) is 0 Å². The molecule has 0 bridgehead atoms. The van der Waals surface area contributed by atoms with E-state index in [0.717, 1.165) is 16.9 Å². The molecule has 1 aromatic carbocycles. The van der Waals surface area contributed by atoms with Crippen LogP contribution in [-0.2, 0) is 21.4 Å². The van der Waals surface area contributed by atoms with Crippen LogP contribution >= 0.6 is 22.9 Å². The molecule has 0 atom stereocenters. The Kier molecular flexibility index (Phi) is 5.69. The van der Waals surface area contributed by atoms with Gasteiger partial charge in [0.1, 0.15) is 0 Å². The van der Waals surface area contributed by atoms with Crippen molar-refractivity contribution >= 4 is 44.0 Å². The van der Waals surface area contributed by atoms with Crippen molar-refractivity contribution in [2.24, 2.45) is 5.92 Å². The summed E-state index contributed by atoms with van der Waals surface area (Å²) in [6, 6.07) is 6.80. The molecule has 0 fully saturated rings. The molecule has 10 heteroatoms. The fraction of sp³-hybridized carbons (Fsp3) is 0.308. The summed E-state index contributed by atoms with van der Waals surface area (Å²) in [5.41, 5.74) is 0.760. The zero-order valence-corrected chi connectivity index (χ0v) is 14.8. The van der Waals surface area contributed by atoms with Crippen LogP contribution in [0.25, 0.3) is 0 Å². The van der Waals surface area contributed by atoms with Gasteiger partial charge in [-0.2, -0.15) is 0 Å². The van der Waals surface area contributed by atoms with Crippen molar-refractivity contribution in [2.75, 3.05) is 5.32 Å². The van der Waals surface area contributed by atoms with Crippen LogP contribution in [0.2, 0.25) is 5.02 Å². The van der Waals surface area contributed by atoms with Crippen molar-refractivity contribution in [2.45, 2.75) is 24.7 Å². The summed E-state index contributed by atoms with van der Waals surface area (Å²) in [5, 5.41) is 10.5. The first-order chi connectivity index (χ1) is 10.8. The molecule has 7 nitrogen and oxygen atoms in total. The van der Waals surface area contributed by atoms with Crippen LogP contribution in [0.5, 0.6) is 0 Å². The third-order valence-corrected chi connectivity index (χ3v) is 5.63. The van der Waals surface area contributed by atoms with E-state index >= 15 is 0 Å². The maximum absolute atomic E-state index is 12.2. The normalized spacial score (nSPS) is 11.7. The molecule has 1 amide bonds. The molecule has 0 saturated heterocycles. The Hall–Kier alpha value is -1.55. The minimum atomic E-state index is -3.79. The highest BCUT2D eigenvalue weighted by molar-refractivity contribution is 7.91. The number of anilines is 1. The second kappa shape index (κ2) is 7.35. The average molecular weight is 375 g/mol. The predicted molar refractivity (Wildman–Crippen MR) is 88.9 cm³/mol. The van der Waals surface area contributed by atoms with Crippen LogP contribution in [0.3, 0.4) is 0 Å². The van der Waals surface area contributed by atoms with E-state index in [-0.39, 0.29) is 27.8 Å². The van der Waals surface area contributed by atoms with Gasteiger partial charge in [0.15, 0.2) is 0 Å². The van der Waals surface area contributed by atoms with Gasteiger partial charge in [-0.05, 0) is 17.7 Å². The van der Waals surface area contributed by atoms with Gasteiger partial charge >= 0.3 is 0 Å². The van der Waals surface area contributed by atoms with Gasteiger partial charge in [0, 0.05) is 17.5 Å². The molecule has 1 heterocycles. The van der Waals surface area contributed by atoms with Crippen LogP contribution in [0.1, 0.15) is 19.4 Å². The predicted octanol–water partition coefficient (Wildman–Crippen LogP) is 2.26. The second-order valence-corrected chi connectivity index (χ2v) is 8.32. The van der Waals surface area contributed by atoms with Crippen molar-refractivity contribution in [1.82, 2.24) is 14.9 Å². The lowest BCUT2D eigenvalue weighted by Gasteiger charge is -2.04. The number of sulfonamides is 1. The SMILES string of the molecule is CC(C)C(=O)Nc1nnc(S(=O)(=O)NCc2ccc(Cl)cc2)s1. The first-order valence-corrected chi connectivity index (χ1v) is 9.34. The van der Waals surface area contributed by atoms with E-state index in [1.54, 1.807) is 38.1 Å². The number of carbonyl (C=O) groups is 1. The van der Waals surface area contributed by atoms with E-state index in [0.29, 0.717) is 5.02 Å². The summed E-state index contributed by atoms with van der Waals surface area (Å²) in [6.45, 7) is 3.55. The summed E-state index contributed by atoms with van der Waals surface area (Å²) >= 11 is 6.57. The summed E-state index contributed by atoms with van der Waals surface area (Å²) < 4.78 is 26.5. The van der Waals surface area contributed by atoms with Gasteiger partial charge in [-0.15, -0.1) is 10.2 Å². The molecule has 0 spiro atoms.